The maximum Gasteiger partial charge on any atom is 0.106 e. The van der Waals surface area contributed by atoms with E-state index in [-0.39, 0.29) is 0 Å². The first kappa shape index (κ1) is 13.4. The summed E-state index contributed by atoms with van der Waals surface area (Å²) in [6.45, 7) is 2.31. The van der Waals surface area contributed by atoms with E-state index in [9.17, 15) is 0 Å². The minimum Gasteiger partial charge on any atom is -0.358 e. The fourth-order valence-electron chi connectivity index (χ4n) is 3.55. The van der Waals surface area contributed by atoms with Gasteiger partial charge in [-0.3, -0.25) is 0 Å². The van der Waals surface area contributed by atoms with Crippen molar-refractivity contribution in [1.82, 2.24) is 4.98 Å². The Morgan fingerprint density at radius 3 is 2.41 bits per heavy atom. The summed E-state index contributed by atoms with van der Waals surface area (Å²) >= 11 is 0. The zero-order chi connectivity index (χ0) is 14.8. The highest BCUT2D eigenvalue weighted by atomic mass is 15.2. The quantitative estimate of drug-likeness (QED) is 0.745. The number of nitrogens with one attached hydrogen (secondary N) is 1. The molecule has 0 amide bonds. The number of para-hydroxylation sites is 1. The van der Waals surface area contributed by atoms with E-state index >= 15 is 0 Å². The van der Waals surface area contributed by atoms with Crippen LogP contribution in [0, 0.1) is 5.92 Å². The summed E-state index contributed by atoms with van der Waals surface area (Å²) in [4.78, 5) is 6.06. The molecule has 4 rings (SSSR count). The number of aromatic amines is 1. The summed E-state index contributed by atoms with van der Waals surface area (Å²) in [5, 5.41) is 1.31. The normalized spacial score (nSPS) is 16.3. The van der Waals surface area contributed by atoms with Crippen LogP contribution in [0.3, 0.4) is 0 Å². The van der Waals surface area contributed by atoms with Gasteiger partial charge in [0.15, 0.2) is 0 Å². The average Bonchev–Trinajstić information content (AvgIpc) is 3.00. The lowest BCUT2D eigenvalue weighted by molar-refractivity contribution is 0.402. The number of fused-ring (bicyclic) bond motifs is 1. The van der Waals surface area contributed by atoms with Gasteiger partial charge in [-0.2, -0.15) is 0 Å². The van der Waals surface area contributed by atoms with E-state index in [0.29, 0.717) is 0 Å². The number of aromatic nitrogens is 1. The van der Waals surface area contributed by atoms with Gasteiger partial charge in [-0.05, 0) is 42.9 Å². The zero-order valence-electron chi connectivity index (χ0n) is 12.8. The van der Waals surface area contributed by atoms with Crippen molar-refractivity contribution in [3.8, 4) is 0 Å². The van der Waals surface area contributed by atoms with Gasteiger partial charge in [0, 0.05) is 24.0 Å². The Bertz CT molecular complexity index is 704. The lowest BCUT2D eigenvalue weighted by Gasteiger charge is -2.32. The van der Waals surface area contributed by atoms with Crippen LogP contribution in [0.4, 0.5) is 5.82 Å². The summed E-state index contributed by atoms with van der Waals surface area (Å²) in [5.74, 6) is 2.10. The van der Waals surface area contributed by atoms with Crippen LogP contribution in [0.1, 0.15) is 18.4 Å². The van der Waals surface area contributed by atoms with Crippen molar-refractivity contribution in [2.75, 3.05) is 18.0 Å². The summed E-state index contributed by atoms with van der Waals surface area (Å²) in [7, 11) is 0. The van der Waals surface area contributed by atoms with Gasteiger partial charge in [-0.1, -0.05) is 48.5 Å². The topological polar surface area (TPSA) is 19.0 Å². The molecule has 1 N–H and O–H groups in total. The van der Waals surface area contributed by atoms with E-state index in [2.05, 4.69) is 70.5 Å². The molecule has 1 aromatic heterocycles. The lowest BCUT2D eigenvalue weighted by Crippen LogP contribution is -2.34. The Morgan fingerprint density at radius 1 is 0.909 bits per heavy atom. The van der Waals surface area contributed by atoms with Gasteiger partial charge in [0.25, 0.3) is 0 Å². The molecule has 1 aliphatic rings. The molecule has 2 aromatic carbocycles. The predicted octanol–water partition coefficient (Wildman–Crippen LogP) is 4.63. The van der Waals surface area contributed by atoms with Gasteiger partial charge in [0.1, 0.15) is 5.82 Å². The number of anilines is 1. The number of benzene rings is 2. The minimum atomic E-state index is 0.822. The lowest BCUT2D eigenvalue weighted by atomic mass is 9.90. The van der Waals surface area contributed by atoms with Crippen LogP contribution >= 0.6 is 0 Å². The Hall–Kier alpha value is -2.22. The molecular formula is C20H22N2. The smallest absolute Gasteiger partial charge is 0.106 e. The minimum absolute atomic E-state index is 0.822. The highest BCUT2D eigenvalue weighted by Crippen LogP contribution is 2.27. The number of piperidine rings is 1. The Morgan fingerprint density at radius 2 is 1.64 bits per heavy atom. The van der Waals surface area contributed by atoms with Gasteiger partial charge < -0.3 is 9.88 Å². The average molecular weight is 290 g/mol. The third-order valence-corrected chi connectivity index (χ3v) is 4.84. The van der Waals surface area contributed by atoms with Gasteiger partial charge in [0.2, 0.25) is 0 Å². The fourth-order valence-corrected chi connectivity index (χ4v) is 3.55. The SMILES string of the molecule is c1ccc(CC2CCN(c3cc4ccccc4[nH]3)CC2)cc1. The Balaban J connectivity index is 1.41. The maximum absolute atomic E-state index is 3.56. The standard InChI is InChI=1S/C20H22N2/c1-2-6-16(7-3-1)14-17-10-12-22(13-11-17)20-15-18-8-4-5-9-19(18)21-20/h1-9,15,17,21H,10-14H2. The molecule has 0 bridgehead atoms. The molecule has 2 heteroatoms. The number of nitrogens with zero attached hydrogens (tertiary/aromatic N) is 1. The van der Waals surface area contributed by atoms with E-state index in [1.54, 1.807) is 0 Å². The summed E-state index contributed by atoms with van der Waals surface area (Å²) in [6, 6.07) is 21.7. The Labute approximate surface area is 131 Å². The van der Waals surface area contributed by atoms with Crippen LogP contribution in [0.5, 0.6) is 0 Å². The molecule has 0 aliphatic carbocycles. The predicted molar refractivity (Wildman–Crippen MR) is 93.4 cm³/mol. The Kier molecular flexibility index (Phi) is 3.59. The molecule has 1 fully saturated rings. The number of rotatable bonds is 3. The first-order valence-electron chi connectivity index (χ1n) is 8.25. The first-order valence-corrected chi connectivity index (χ1v) is 8.25. The van der Waals surface area contributed by atoms with E-state index < -0.39 is 0 Å². The number of hydrogen-bond acceptors (Lipinski definition) is 1. The van der Waals surface area contributed by atoms with Crippen LogP contribution in [0.2, 0.25) is 0 Å². The molecule has 0 atom stereocenters. The molecule has 22 heavy (non-hydrogen) atoms. The van der Waals surface area contributed by atoms with Gasteiger partial charge in [-0.25, -0.2) is 0 Å². The van der Waals surface area contributed by atoms with Crippen molar-refractivity contribution >= 4 is 16.7 Å². The van der Waals surface area contributed by atoms with E-state index in [0.717, 1.165) is 19.0 Å². The summed E-state index contributed by atoms with van der Waals surface area (Å²) in [5.41, 5.74) is 2.72. The van der Waals surface area contributed by atoms with Crippen LogP contribution in [0.15, 0.2) is 60.7 Å². The summed E-state index contributed by atoms with van der Waals surface area (Å²) < 4.78 is 0. The van der Waals surface area contributed by atoms with Gasteiger partial charge >= 0.3 is 0 Å². The maximum atomic E-state index is 3.56. The van der Waals surface area contributed by atoms with Crippen molar-refractivity contribution in [3.05, 3.63) is 66.2 Å². The molecule has 112 valence electrons. The van der Waals surface area contributed by atoms with Gasteiger partial charge in [-0.15, -0.1) is 0 Å². The van der Waals surface area contributed by atoms with Crippen molar-refractivity contribution in [2.24, 2.45) is 5.92 Å². The van der Waals surface area contributed by atoms with Crippen LogP contribution < -0.4 is 4.90 Å². The number of hydrogen-bond donors (Lipinski definition) is 1. The van der Waals surface area contributed by atoms with Crippen LogP contribution in [0.25, 0.3) is 10.9 Å². The van der Waals surface area contributed by atoms with Crippen LogP contribution in [-0.4, -0.2) is 18.1 Å². The summed E-state index contributed by atoms with van der Waals surface area (Å²) in [6.07, 6.45) is 3.79. The van der Waals surface area contributed by atoms with E-state index in [1.165, 1.54) is 41.5 Å². The molecule has 1 saturated heterocycles. The number of H-pyrrole nitrogens is 1. The van der Waals surface area contributed by atoms with Crippen molar-refractivity contribution in [3.63, 3.8) is 0 Å². The van der Waals surface area contributed by atoms with Crippen molar-refractivity contribution in [1.29, 1.82) is 0 Å². The molecule has 1 aliphatic heterocycles. The molecule has 0 saturated carbocycles. The molecule has 0 unspecified atom stereocenters. The molecule has 2 heterocycles. The third-order valence-electron chi connectivity index (χ3n) is 4.84. The molecule has 0 radical (unpaired) electrons. The van der Waals surface area contributed by atoms with E-state index in [1.807, 2.05) is 0 Å². The van der Waals surface area contributed by atoms with Crippen LogP contribution in [-0.2, 0) is 6.42 Å². The zero-order valence-corrected chi connectivity index (χ0v) is 12.8. The monoisotopic (exact) mass is 290 g/mol. The molecule has 0 spiro atoms. The second kappa shape index (κ2) is 5.88. The second-order valence-corrected chi connectivity index (χ2v) is 6.36. The highest BCUT2D eigenvalue weighted by molar-refractivity contribution is 5.83. The first-order chi connectivity index (χ1) is 10.9. The largest absolute Gasteiger partial charge is 0.358 e. The third kappa shape index (κ3) is 2.74. The van der Waals surface area contributed by atoms with Crippen molar-refractivity contribution < 1.29 is 0 Å². The second-order valence-electron chi connectivity index (χ2n) is 6.36. The van der Waals surface area contributed by atoms with Gasteiger partial charge in [0.05, 0.1) is 0 Å². The molecule has 3 aromatic rings. The fraction of sp³-hybridized carbons (Fsp3) is 0.300. The molecule has 2 nitrogen and oxygen atoms in total. The highest BCUT2D eigenvalue weighted by Gasteiger charge is 2.20. The van der Waals surface area contributed by atoms with E-state index in [4.69, 9.17) is 0 Å². The van der Waals surface area contributed by atoms with Crippen molar-refractivity contribution in [2.45, 2.75) is 19.3 Å². The molecular weight excluding hydrogens is 268 g/mol.